The molecule has 4 heteroatoms. The van der Waals surface area contributed by atoms with Gasteiger partial charge in [-0.25, -0.2) is 14.4 Å². The van der Waals surface area contributed by atoms with Crippen molar-refractivity contribution in [3.8, 4) is 0 Å². The third kappa shape index (κ3) is 2.38. The third-order valence-corrected chi connectivity index (χ3v) is 3.25. The van der Waals surface area contributed by atoms with Gasteiger partial charge in [-0.1, -0.05) is 12.1 Å². The number of halogens is 1. The van der Waals surface area contributed by atoms with Crippen LogP contribution >= 0.6 is 0 Å². The molecule has 2 aromatic rings. The minimum Gasteiger partial charge on any atom is -0.293 e. The molecular formula is C14H14FN3. The molecule has 0 unspecified atom stereocenters. The second kappa shape index (κ2) is 4.82. The van der Waals surface area contributed by atoms with Gasteiger partial charge in [0.15, 0.2) is 0 Å². The van der Waals surface area contributed by atoms with Crippen molar-refractivity contribution in [3.05, 3.63) is 59.4 Å². The van der Waals surface area contributed by atoms with Gasteiger partial charge in [0.05, 0.1) is 5.69 Å². The van der Waals surface area contributed by atoms with Gasteiger partial charge in [0.25, 0.3) is 0 Å². The first kappa shape index (κ1) is 11.3. The van der Waals surface area contributed by atoms with Gasteiger partial charge in [-0.05, 0) is 29.7 Å². The number of benzene rings is 1. The van der Waals surface area contributed by atoms with Gasteiger partial charge >= 0.3 is 0 Å². The first-order valence-electron chi connectivity index (χ1n) is 6.06. The van der Waals surface area contributed by atoms with Crippen LogP contribution in [-0.2, 0) is 19.5 Å². The van der Waals surface area contributed by atoms with Gasteiger partial charge in [-0.3, -0.25) is 4.90 Å². The maximum Gasteiger partial charge on any atom is 0.123 e. The summed E-state index contributed by atoms with van der Waals surface area (Å²) in [5.74, 6) is -0.174. The van der Waals surface area contributed by atoms with E-state index < -0.39 is 0 Å². The maximum absolute atomic E-state index is 13.1. The Bertz CT molecular complexity index is 556. The van der Waals surface area contributed by atoms with Gasteiger partial charge < -0.3 is 0 Å². The summed E-state index contributed by atoms with van der Waals surface area (Å²) in [5, 5.41) is 0. The molecule has 2 heterocycles. The molecule has 0 fully saturated rings. The molecule has 0 aliphatic carbocycles. The first-order valence-corrected chi connectivity index (χ1v) is 6.06. The summed E-state index contributed by atoms with van der Waals surface area (Å²) in [7, 11) is 0. The van der Waals surface area contributed by atoms with Crippen LogP contribution < -0.4 is 0 Å². The van der Waals surface area contributed by atoms with Crippen LogP contribution in [0.25, 0.3) is 0 Å². The van der Waals surface area contributed by atoms with Crippen molar-refractivity contribution >= 4 is 0 Å². The van der Waals surface area contributed by atoms with E-state index in [0.717, 1.165) is 37.3 Å². The minimum atomic E-state index is -0.174. The molecule has 0 saturated carbocycles. The molecule has 0 spiro atoms. The Morgan fingerprint density at radius 3 is 3.17 bits per heavy atom. The zero-order chi connectivity index (χ0) is 12.4. The van der Waals surface area contributed by atoms with Gasteiger partial charge in [0.1, 0.15) is 12.1 Å². The van der Waals surface area contributed by atoms with E-state index in [0.29, 0.717) is 0 Å². The largest absolute Gasteiger partial charge is 0.293 e. The predicted octanol–water partition coefficient (Wildman–Crippen LogP) is 2.17. The van der Waals surface area contributed by atoms with E-state index in [2.05, 4.69) is 14.9 Å². The molecular weight excluding hydrogens is 229 g/mol. The SMILES string of the molecule is Fc1cccc(CN2CCc3cncnc3C2)c1. The lowest BCUT2D eigenvalue weighted by Gasteiger charge is -2.27. The fraction of sp³-hybridized carbons (Fsp3) is 0.286. The van der Waals surface area contributed by atoms with Crippen LogP contribution in [-0.4, -0.2) is 21.4 Å². The third-order valence-electron chi connectivity index (χ3n) is 3.25. The van der Waals surface area contributed by atoms with Crippen molar-refractivity contribution in [2.45, 2.75) is 19.5 Å². The lowest BCUT2D eigenvalue weighted by molar-refractivity contribution is 0.241. The molecule has 0 N–H and O–H groups in total. The van der Waals surface area contributed by atoms with E-state index in [-0.39, 0.29) is 5.82 Å². The van der Waals surface area contributed by atoms with E-state index in [1.54, 1.807) is 18.5 Å². The predicted molar refractivity (Wildman–Crippen MR) is 66.3 cm³/mol. The summed E-state index contributed by atoms with van der Waals surface area (Å²) in [5.41, 5.74) is 3.33. The lowest BCUT2D eigenvalue weighted by Crippen LogP contribution is -2.30. The Labute approximate surface area is 105 Å². The molecule has 0 radical (unpaired) electrons. The van der Waals surface area contributed by atoms with E-state index in [4.69, 9.17) is 0 Å². The molecule has 0 atom stereocenters. The van der Waals surface area contributed by atoms with Crippen LogP contribution in [0.1, 0.15) is 16.8 Å². The van der Waals surface area contributed by atoms with Crippen molar-refractivity contribution in [2.75, 3.05) is 6.54 Å². The monoisotopic (exact) mass is 243 g/mol. The lowest BCUT2D eigenvalue weighted by atomic mass is 10.1. The van der Waals surface area contributed by atoms with E-state index >= 15 is 0 Å². The highest BCUT2D eigenvalue weighted by Crippen LogP contribution is 2.17. The number of aromatic nitrogens is 2. The van der Waals surface area contributed by atoms with Crippen molar-refractivity contribution in [1.82, 2.24) is 14.9 Å². The highest BCUT2D eigenvalue weighted by atomic mass is 19.1. The van der Waals surface area contributed by atoms with Gasteiger partial charge in [-0.15, -0.1) is 0 Å². The molecule has 3 nitrogen and oxygen atoms in total. The van der Waals surface area contributed by atoms with Crippen LogP contribution in [0.3, 0.4) is 0 Å². The zero-order valence-electron chi connectivity index (χ0n) is 10.0. The summed E-state index contributed by atoms with van der Waals surface area (Å²) in [6.45, 7) is 2.55. The fourth-order valence-electron chi connectivity index (χ4n) is 2.33. The van der Waals surface area contributed by atoms with Crippen molar-refractivity contribution < 1.29 is 4.39 Å². The van der Waals surface area contributed by atoms with Crippen molar-refractivity contribution in [1.29, 1.82) is 0 Å². The average molecular weight is 243 g/mol. The molecule has 1 aromatic heterocycles. The number of nitrogens with zero attached hydrogens (tertiary/aromatic N) is 3. The van der Waals surface area contributed by atoms with Crippen LogP contribution in [0.4, 0.5) is 4.39 Å². The Hall–Kier alpha value is -1.81. The van der Waals surface area contributed by atoms with E-state index in [1.807, 2.05) is 12.3 Å². The van der Waals surface area contributed by atoms with Gasteiger partial charge in [0, 0.05) is 25.8 Å². The topological polar surface area (TPSA) is 29.0 Å². The fourth-order valence-corrected chi connectivity index (χ4v) is 2.33. The Morgan fingerprint density at radius 2 is 2.28 bits per heavy atom. The maximum atomic E-state index is 13.1. The Morgan fingerprint density at radius 1 is 1.33 bits per heavy atom. The summed E-state index contributed by atoms with van der Waals surface area (Å²) < 4.78 is 13.1. The molecule has 92 valence electrons. The molecule has 0 bridgehead atoms. The van der Waals surface area contributed by atoms with Crippen LogP contribution in [0, 0.1) is 5.82 Å². The van der Waals surface area contributed by atoms with Crippen LogP contribution in [0.2, 0.25) is 0 Å². The summed E-state index contributed by atoms with van der Waals surface area (Å²) in [6, 6.07) is 6.78. The molecule has 1 aliphatic heterocycles. The molecule has 18 heavy (non-hydrogen) atoms. The Balaban J connectivity index is 1.73. The standard InChI is InChI=1S/C14H14FN3/c15-13-3-1-2-11(6-13)8-18-5-4-12-7-16-10-17-14(12)9-18/h1-3,6-7,10H,4-5,8-9H2. The number of hydrogen-bond acceptors (Lipinski definition) is 3. The first-order chi connectivity index (χ1) is 8.81. The highest BCUT2D eigenvalue weighted by Gasteiger charge is 2.17. The molecule has 3 rings (SSSR count). The van der Waals surface area contributed by atoms with Crippen LogP contribution in [0.5, 0.6) is 0 Å². The van der Waals surface area contributed by atoms with Crippen LogP contribution in [0.15, 0.2) is 36.8 Å². The molecule has 0 saturated heterocycles. The highest BCUT2D eigenvalue weighted by molar-refractivity contribution is 5.20. The van der Waals surface area contributed by atoms with Gasteiger partial charge in [-0.2, -0.15) is 0 Å². The molecule has 1 aliphatic rings. The minimum absolute atomic E-state index is 0.174. The van der Waals surface area contributed by atoms with Crippen molar-refractivity contribution in [3.63, 3.8) is 0 Å². The summed E-state index contributed by atoms with van der Waals surface area (Å²) >= 11 is 0. The van der Waals surface area contributed by atoms with Gasteiger partial charge in [0.2, 0.25) is 0 Å². The van der Waals surface area contributed by atoms with Crippen molar-refractivity contribution in [2.24, 2.45) is 0 Å². The Kier molecular flexibility index (Phi) is 3.02. The smallest absolute Gasteiger partial charge is 0.123 e. The van der Waals surface area contributed by atoms with E-state index in [1.165, 1.54) is 11.6 Å². The zero-order valence-corrected chi connectivity index (χ0v) is 10.0. The number of rotatable bonds is 2. The quantitative estimate of drug-likeness (QED) is 0.809. The molecule has 0 amide bonds. The molecule has 1 aromatic carbocycles. The average Bonchev–Trinajstić information content (AvgIpc) is 2.39. The number of fused-ring (bicyclic) bond motifs is 1. The van der Waals surface area contributed by atoms with E-state index in [9.17, 15) is 4.39 Å². The second-order valence-corrected chi connectivity index (χ2v) is 4.59. The normalized spacial score (nSPS) is 15.4. The second-order valence-electron chi connectivity index (χ2n) is 4.59. The summed E-state index contributed by atoms with van der Waals surface area (Å²) in [6.07, 6.45) is 4.44. The summed E-state index contributed by atoms with van der Waals surface area (Å²) in [4.78, 5) is 10.6. The number of hydrogen-bond donors (Lipinski definition) is 0.